The van der Waals surface area contributed by atoms with Gasteiger partial charge in [0.1, 0.15) is 6.04 Å². The number of hydrogen-bond acceptors (Lipinski definition) is 4. The maximum absolute atomic E-state index is 13.3. The molecule has 4 nitrogen and oxygen atoms in total. The maximum Gasteiger partial charge on any atom is 0.322 e. The quantitative estimate of drug-likeness (QED) is 0.775. The number of benzene rings is 1. The van der Waals surface area contributed by atoms with Crippen molar-refractivity contribution in [3.05, 3.63) is 29.6 Å². The lowest BCUT2D eigenvalue weighted by atomic mass is 10.1. The van der Waals surface area contributed by atoms with Crippen LogP contribution in [0.2, 0.25) is 0 Å². The van der Waals surface area contributed by atoms with E-state index in [9.17, 15) is 9.18 Å². The van der Waals surface area contributed by atoms with Crippen LogP contribution in [0.25, 0.3) is 0 Å². The lowest BCUT2D eigenvalue weighted by Gasteiger charge is -2.10. The summed E-state index contributed by atoms with van der Waals surface area (Å²) in [6.45, 7) is 0. The fourth-order valence-electron chi connectivity index (χ4n) is 1.33. The molecule has 0 aromatic heterocycles. The van der Waals surface area contributed by atoms with Crippen LogP contribution >= 0.6 is 0 Å². The van der Waals surface area contributed by atoms with Crippen LogP contribution in [0.5, 0.6) is 5.75 Å². The molecule has 1 aromatic rings. The minimum Gasteiger partial charge on any atom is -0.494 e. The van der Waals surface area contributed by atoms with Crippen LogP contribution in [0.4, 0.5) is 4.39 Å². The minimum atomic E-state index is -0.780. The Hall–Kier alpha value is -1.62. The molecule has 16 heavy (non-hydrogen) atoms. The number of nitrogens with two attached hydrogens (primary N) is 1. The third kappa shape index (κ3) is 2.93. The molecule has 0 saturated carbocycles. The van der Waals surface area contributed by atoms with Gasteiger partial charge >= 0.3 is 5.97 Å². The number of rotatable bonds is 4. The van der Waals surface area contributed by atoms with Crippen molar-refractivity contribution in [3.63, 3.8) is 0 Å². The highest BCUT2D eigenvalue weighted by molar-refractivity contribution is 5.75. The van der Waals surface area contributed by atoms with Crippen LogP contribution in [0.3, 0.4) is 0 Å². The van der Waals surface area contributed by atoms with E-state index in [0.717, 1.165) is 0 Å². The molecule has 0 amide bonds. The highest BCUT2D eigenvalue weighted by Gasteiger charge is 2.15. The molecule has 5 heteroatoms. The Morgan fingerprint density at radius 1 is 1.50 bits per heavy atom. The van der Waals surface area contributed by atoms with Crippen molar-refractivity contribution >= 4 is 5.97 Å². The number of hydrogen-bond donors (Lipinski definition) is 1. The summed E-state index contributed by atoms with van der Waals surface area (Å²) in [5.41, 5.74) is 6.17. The van der Waals surface area contributed by atoms with E-state index in [1.807, 2.05) is 0 Å². The van der Waals surface area contributed by atoms with Crippen molar-refractivity contribution in [2.45, 2.75) is 12.5 Å². The highest BCUT2D eigenvalue weighted by atomic mass is 19.1. The zero-order valence-corrected chi connectivity index (χ0v) is 9.20. The molecule has 0 aliphatic carbocycles. The normalized spacial score (nSPS) is 12.0. The Morgan fingerprint density at radius 3 is 2.69 bits per heavy atom. The van der Waals surface area contributed by atoms with Gasteiger partial charge in [-0.15, -0.1) is 0 Å². The fourth-order valence-corrected chi connectivity index (χ4v) is 1.33. The Morgan fingerprint density at radius 2 is 2.19 bits per heavy atom. The second kappa shape index (κ2) is 5.46. The summed E-state index contributed by atoms with van der Waals surface area (Å²) in [6.07, 6.45) is 0.230. The standard InChI is InChI=1S/C11H14FNO3/c1-15-10-4-3-7(5-8(10)12)6-9(13)11(14)16-2/h3-5,9H,6,13H2,1-2H3. The van der Waals surface area contributed by atoms with Gasteiger partial charge in [-0.2, -0.15) is 0 Å². The molecule has 0 saturated heterocycles. The van der Waals surface area contributed by atoms with E-state index >= 15 is 0 Å². The Labute approximate surface area is 93.2 Å². The molecule has 0 radical (unpaired) electrons. The van der Waals surface area contributed by atoms with Gasteiger partial charge in [-0.1, -0.05) is 6.07 Å². The average Bonchev–Trinajstić information content (AvgIpc) is 2.28. The van der Waals surface area contributed by atoms with Gasteiger partial charge < -0.3 is 15.2 Å². The van der Waals surface area contributed by atoms with Crippen LogP contribution in [-0.2, 0) is 16.0 Å². The lowest BCUT2D eigenvalue weighted by Crippen LogP contribution is -2.33. The first-order chi connectivity index (χ1) is 7.58. The second-order valence-electron chi connectivity index (χ2n) is 3.30. The third-order valence-corrected chi connectivity index (χ3v) is 2.18. The van der Waals surface area contributed by atoms with Gasteiger partial charge in [0.25, 0.3) is 0 Å². The van der Waals surface area contributed by atoms with Gasteiger partial charge in [-0.3, -0.25) is 4.79 Å². The molecule has 0 aliphatic rings. The van der Waals surface area contributed by atoms with E-state index in [2.05, 4.69) is 4.74 Å². The summed E-state index contributed by atoms with van der Waals surface area (Å²) in [6, 6.07) is 3.67. The number of carbonyl (C=O) groups is 1. The number of methoxy groups -OCH3 is 2. The maximum atomic E-state index is 13.3. The van der Waals surface area contributed by atoms with Gasteiger partial charge in [0.15, 0.2) is 11.6 Å². The summed E-state index contributed by atoms with van der Waals surface area (Å²) in [7, 11) is 2.65. The van der Waals surface area contributed by atoms with Crippen molar-refractivity contribution in [1.29, 1.82) is 0 Å². The van der Waals surface area contributed by atoms with E-state index in [1.54, 1.807) is 6.07 Å². The van der Waals surface area contributed by atoms with Crippen LogP contribution in [0.15, 0.2) is 18.2 Å². The summed E-state index contributed by atoms with van der Waals surface area (Å²) in [5.74, 6) is -0.830. The molecule has 0 spiro atoms. The topological polar surface area (TPSA) is 61.5 Å². The molecule has 1 rings (SSSR count). The molecule has 2 N–H and O–H groups in total. The molecule has 1 atom stereocenters. The van der Waals surface area contributed by atoms with Crippen LogP contribution in [0, 0.1) is 5.82 Å². The molecular weight excluding hydrogens is 213 g/mol. The Balaban J connectivity index is 2.75. The van der Waals surface area contributed by atoms with Crippen LogP contribution in [0.1, 0.15) is 5.56 Å². The summed E-state index contributed by atoms with van der Waals surface area (Å²) >= 11 is 0. The fraction of sp³-hybridized carbons (Fsp3) is 0.364. The zero-order chi connectivity index (χ0) is 12.1. The molecule has 0 fully saturated rings. The van der Waals surface area contributed by atoms with E-state index < -0.39 is 17.8 Å². The number of esters is 1. The van der Waals surface area contributed by atoms with Crippen molar-refractivity contribution in [1.82, 2.24) is 0 Å². The molecular formula is C11H14FNO3. The first kappa shape index (κ1) is 12.4. The van der Waals surface area contributed by atoms with Crippen LogP contribution in [-0.4, -0.2) is 26.2 Å². The number of halogens is 1. The Kier molecular flexibility index (Phi) is 4.25. The van der Waals surface area contributed by atoms with Gasteiger partial charge in [0, 0.05) is 0 Å². The monoisotopic (exact) mass is 227 g/mol. The first-order valence-electron chi connectivity index (χ1n) is 4.74. The van der Waals surface area contributed by atoms with E-state index in [-0.39, 0.29) is 12.2 Å². The molecule has 1 aromatic carbocycles. The van der Waals surface area contributed by atoms with E-state index in [4.69, 9.17) is 10.5 Å². The predicted molar refractivity (Wildman–Crippen MR) is 56.6 cm³/mol. The minimum absolute atomic E-state index is 0.162. The lowest BCUT2D eigenvalue weighted by molar-refractivity contribution is -0.142. The van der Waals surface area contributed by atoms with Crippen molar-refractivity contribution < 1.29 is 18.7 Å². The average molecular weight is 227 g/mol. The van der Waals surface area contributed by atoms with Crippen molar-refractivity contribution in [2.75, 3.05) is 14.2 Å². The summed E-state index contributed by atoms with van der Waals surface area (Å²) in [4.78, 5) is 11.1. The first-order valence-corrected chi connectivity index (χ1v) is 4.74. The van der Waals surface area contributed by atoms with E-state index in [1.165, 1.54) is 26.4 Å². The van der Waals surface area contributed by atoms with Crippen LogP contribution < -0.4 is 10.5 Å². The number of ether oxygens (including phenoxy) is 2. The predicted octanol–water partition coefficient (Wildman–Crippen LogP) is 0.877. The van der Waals surface area contributed by atoms with Crippen molar-refractivity contribution in [2.24, 2.45) is 5.73 Å². The molecule has 0 heterocycles. The van der Waals surface area contributed by atoms with Crippen molar-refractivity contribution in [3.8, 4) is 5.75 Å². The second-order valence-corrected chi connectivity index (χ2v) is 3.30. The van der Waals surface area contributed by atoms with Gasteiger partial charge in [-0.05, 0) is 24.1 Å². The largest absolute Gasteiger partial charge is 0.494 e. The SMILES string of the molecule is COC(=O)C(N)Cc1ccc(OC)c(F)c1. The summed E-state index contributed by atoms with van der Waals surface area (Å²) < 4.78 is 22.6. The zero-order valence-electron chi connectivity index (χ0n) is 9.20. The molecule has 88 valence electrons. The van der Waals surface area contributed by atoms with Gasteiger partial charge in [0.2, 0.25) is 0 Å². The highest BCUT2D eigenvalue weighted by Crippen LogP contribution is 2.18. The van der Waals surface area contributed by atoms with E-state index in [0.29, 0.717) is 5.56 Å². The number of carbonyl (C=O) groups excluding carboxylic acids is 1. The van der Waals surface area contributed by atoms with Gasteiger partial charge in [0.05, 0.1) is 14.2 Å². The molecule has 1 unspecified atom stereocenters. The molecule has 0 aliphatic heterocycles. The smallest absolute Gasteiger partial charge is 0.322 e. The third-order valence-electron chi connectivity index (χ3n) is 2.18. The molecule has 0 bridgehead atoms. The summed E-state index contributed by atoms with van der Waals surface area (Å²) in [5, 5.41) is 0. The van der Waals surface area contributed by atoms with Gasteiger partial charge in [-0.25, -0.2) is 4.39 Å². The Bertz CT molecular complexity index is 381.